The Morgan fingerprint density at radius 1 is 0.938 bits per heavy atom. The Hall–Kier alpha value is -0.760. The van der Waals surface area contributed by atoms with Crippen LogP contribution in [-0.4, -0.2) is 18.1 Å². The summed E-state index contributed by atoms with van der Waals surface area (Å²) in [4.78, 5) is 3.14. The molecule has 0 fully saturated rings. The number of hydrogen-bond acceptors (Lipinski definition) is 1. The van der Waals surface area contributed by atoms with Crippen LogP contribution >= 0.6 is 0 Å². The fraction of sp³-hybridized carbons (Fsp3) is 0.714. The molecule has 0 aliphatic carbocycles. The molecule has 1 heterocycles. The van der Waals surface area contributed by atoms with Gasteiger partial charge >= 0.3 is 0 Å². The van der Waals surface area contributed by atoms with Crippen molar-refractivity contribution in [2.45, 2.75) is 41.5 Å². The minimum atomic E-state index is 0.781. The first-order valence-electron chi connectivity index (χ1n) is 6.24. The van der Waals surface area contributed by atoms with Gasteiger partial charge in [-0.05, 0) is 50.9 Å². The maximum absolute atomic E-state index is 3.38. The van der Waals surface area contributed by atoms with Crippen LogP contribution < -0.4 is 5.32 Å². The molecule has 1 rings (SSSR count). The number of rotatable bonds is 4. The maximum atomic E-state index is 3.38. The van der Waals surface area contributed by atoms with Crippen molar-refractivity contribution in [2.75, 3.05) is 13.1 Å². The normalized spacial score (nSPS) is 10.5. The molecule has 0 unspecified atom stereocenters. The van der Waals surface area contributed by atoms with Gasteiger partial charge in [0, 0.05) is 11.4 Å². The van der Waals surface area contributed by atoms with E-state index in [0.717, 1.165) is 24.9 Å². The molecule has 0 radical (unpaired) electrons. The highest BCUT2D eigenvalue weighted by molar-refractivity contribution is 5.09. The van der Waals surface area contributed by atoms with Gasteiger partial charge in [0.15, 0.2) is 0 Å². The van der Waals surface area contributed by atoms with Crippen LogP contribution in [0, 0.1) is 25.7 Å². The third-order valence-corrected chi connectivity index (χ3v) is 2.08. The number of aromatic nitrogens is 1. The molecule has 2 N–H and O–H groups in total. The largest absolute Gasteiger partial charge is 0.363 e. The Bertz CT molecular complexity index is 237. The number of hydrogen-bond donors (Lipinski definition) is 2. The summed E-state index contributed by atoms with van der Waals surface area (Å²) in [5.74, 6) is 1.56. The van der Waals surface area contributed by atoms with Crippen LogP contribution in [0.3, 0.4) is 0 Å². The predicted molar refractivity (Wildman–Crippen MR) is 72.8 cm³/mol. The lowest BCUT2D eigenvalue weighted by molar-refractivity contribution is 0.497. The fourth-order valence-corrected chi connectivity index (χ4v) is 1.31. The second-order valence-corrected chi connectivity index (χ2v) is 5.27. The number of aryl methyl sites for hydroxylation is 2. The Balaban J connectivity index is 0.000000288. The molecule has 1 aromatic heterocycles. The topological polar surface area (TPSA) is 27.8 Å². The minimum Gasteiger partial charge on any atom is -0.363 e. The van der Waals surface area contributed by atoms with Gasteiger partial charge in [0.25, 0.3) is 0 Å². The van der Waals surface area contributed by atoms with E-state index in [2.05, 4.69) is 50.1 Å². The number of nitrogens with one attached hydrogen (secondary N) is 2. The van der Waals surface area contributed by atoms with E-state index in [9.17, 15) is 0 Å². The van der Waals surface area contributed by atoms with Gasteiger partial charge in [0.2, 0.25) is 0 Å². The third-order valence-electron chi connectivity index (χ3n) is 2.08. The van der Waals surface area contributed by atoms with Crippen molar-refractivity contribution >= 4 is 0 Å². The Kier molecular flexibility index (Phi) is 8.00. The highest BCUT2D eigenvalue weighted by Gasteiger charge is 1.94. The standard InChI is InChI=1S/C8H19N.C6H9N/c1-7(2)5-9-6-8(3)4;1-5-3-4-6(2)7-5/h7-9H,5-6H2,1-4H3;3-4,7H,1-2H3. The first-order valence-corrected chi connectivity index (χ1v) is 6.24. The molecule has 0 saturated heterocycles. The third kappa shape index (κ3) is 9.78. The molecule has 2 heteroatoms. The van der Waals surface area contributed by atoms with Gasteiger partial charge in [0.1, 0.15) is 0 Å². The lowest BCUT2D eigenvalue weighted by Gasteiger charge is -2.08. The summed E-state index contributed by atoms with van der Waals surface area (Å²) in [6.45, 7) is 15.3. The Morgan fingerprint density at radius 3 is 1.50 bits per heavy atom. The van der Waals surface area contributed by atoms with Crippen LogP contribution in [0.15, 0.2) is 12.1 Å². The van der Waals surface area contributed by atoms with Gasteiger partial charge in [-0.3, -0.25) is 0 Å². The summed E-state index contributed by atoms with van der Waals surface area (Å²) in [6, 6.07) is 4.13. The van der Waals surface area contributed by atoms with Crippen LogP contribution in [0.25, 0.3) is 0 Å². The van der Waals surface area contributed by atoms with E-state index in [1.165, 1.54) is 11.4 Å². The van der Waals surface area contributed by atoms with Crippen LogP contribution in [0.4, 0.5) is 0 Å². The van der Waals surface area contributed by atoms with Gasteiger partial charge in [-0.1, -0.05) is 27.7 Å². The zero-order valence-corrected chi connectivity index (χ0v) is 11.7. The summed E-state index contributed by atoms with van der Waals surface area (Å²) < 4.78 is 0. The fourth-order valence-electron chi connectivity index (χ4n) is 1.31. The SMILES string of the molecule is CC(C)CNCC(C)C.Cc1ccc(C)[nH]1. The molecule has 0 bridgehead atoms. The van der Waals surface area contributed by atoms with E-state index in [1.807, 2.05) is 13.8 Å². The number of H-pyrrole nitrogens is 1. The lowest BCUT2D eigenvalue weighted by atomic mass is 10.2. The van der Waals surface area contributed by atoms with E-state index in [1.54, 1.807) is 0 Å². The molecular weight excluding hydrogens is 196 g/mol. The van der Waals surface area contributed by atoms with Crippen molar-refractivity contribution in [1.29, 1.82) is 0 Å². The molecule has 0 saturated carbocycles. The predicted octanol–water partition coefficient (Wildman–Crippen LogP) is 3.52. The maximum Gasteiger partial charge on any atom is 0.0117 e. The average Bonchev–Trinajstić information content (AvgIpc) is 2.49. The monoisotopic (exact) mass is 224 g/mol. The van der Waals surface area contributed by atoms with Gasteiger partial charge < -0.3 is 10.3 Å². The van der Waals surface area contributed by atoms with Gasteiger partial charge in [-0.25, -0.2) is 0 Å². The molecule has 16 heavy (non-hydrogen) atoms. The van der Waals surface area contributed by atoms with Crippen LogP contribution in [0.1, 0.15) is 39.1 Å². The second-order valence-electron chi connectivity index (χ2n) is 5.27. The smallest absolute Gasteiger partial charge is 0.0117 e. The van der Waals surface area contributed by atoms with Crippen molar-refractivity contribution in [3.8, 4) is 0 Å². The van der Waals surface area contributed by atoms with E-state index >= 15 is 0 Å². The van der Waals surface area contributed by atoms with Crippen molar-refractivity contribution in [1.82, 2.24) is 10.3 Å². The van der Waals surface area contributed by atoms with Gasteiger partial charge in [-0.2, -0.15) is 0 Å². The molecular formula is C14H28N2. The van der Waals surface area contributed by atoms with E-state index in [4.69, 9.17) is 0 Å². The molecule has 1 aromatic rings. The minimum absolute atomic E-state index is 0.781. The first kappa shape index (κ1) is 15.2. The summed E-state index contributed by atoms with van der Waals surface area (Å²) >= 11 is 0. The van der Waals surface area contributed by atoms with Crippen LogP contribution in [-0.2, 0) is 0 Å². The molecule has 0 spiro atoms. The summed E-state index contributed by atoms with van der Waals surface area (Å²) in [5, 5.41) is 3.38. The summed E-state index contributed by atoms with van der Waals surface area (Å²) in [6.07, 6.45) is 0. The highest BCUT2D eigenvalue weighted by atomic mass is 14.9. The zero-order chi connectivity index (χ0) is 12.6. The van der Waals surface area contributed by atoms with E-state index < -0.39 is 0 Å². The van der Waals surface area contributed by atoms with Gasteiger partial charge in [0.05, 0.1) is 0 Å². The zero-order valence-electron chi connectivity index (χ0n) is 11.7. The highest BCUT2D eigenvalue weighted by Crippen LogP contribution is 1.95. The van der Waals surface area contributed by atoms with Crippen molar-refractivity contribution in [3.63, 3.8) is 0 Å². The molecule has 94 valence electrons. The van der Waals surface area contributed by atoms with Crippen molar-refractivity contribution < 1.29 is 0 Å². The second kappa shape index (κ2) is 8.40. The molecule has 0 aromatic carbocycles. The van der Waals surface area contributed by atoms with Crippen LogP contribution in [0.2, 0.25) is 0 Å². The summed E-state index contributed by atoms with van der Waals surface area (Å²) in [7, 11) is 0. The molecule has 0 aliphatic heterocycles. The lowest BCUT2D eigenvalue weighted by Crippen LogP contribution is -2.23. The van der Waals surface area contributed by atoms with Crippen molar-refractivity contribution in [2.24, 2.45) is 11.8 Å². The molecule has 0 amide bonds. The van der Waals surface area contributed by atoms with Crippen LogP contribution in [0.5, 0.6) is 0 Å². The molecule has 0 atom stereocenters. The average molecular weight is 224 g/mol. The quantitative estimate of drug-likeness (QED) is 0.804. The first-order chi connectivity index (χ1) is 7.41. The van der Waals surface area contributed by atoms with Crippen molar-refractivity contribution in [3.05, 3.63) is 23.5 Å². The van der Waals surface area contributed by atoms with E-state index in [-0.39, 0.29) is 0 Å². The molecule has 2 nitrogen and oxygen atoms in total. The summed E-state index contributed by atoms with van der Waals surface area (Å²) in [5.41, 5.74) is 2.47. The number of aromatic amines is 1. The molecule has 0 aliphatic rings. The Labute approximate surface area is 101 Å². The van der Waals surface area contributed by atoms with E-state index in [0.29, 0.717) is 0 Å². The Morgan fingerprint density at radius 2 is 1.31 bits per heavy atom. The van der Waals surface area contributed by atoms with Gasteiger partial charge in [-0.15, -0.1) is 0 Å².